The number of alkyl halides is 2. The smallest absolute Gasteiger partial charge is 0.395 e. The minimum Gasteiger partial charge on any atom is -0.395 e. The summed E-state index contributed by atoms with van der Waals surface area (Å²) in [6.07, 6.45) is -2.54. The molecule has 4 aromatic rings. The number of nitriles is 1. The molecule has 0 radical (unpaired) electrons. The standard InChI is InChI=1S/C22H13F2N5O4/c23-22(24)32-16-5-4-12(8-17(16)33-22)7-15(30)10-29-21(31)20-19(26-11-27-20)18(28-29)14-3-1-2-13(6-14)9-25/h1-6,8,11H,7,10H2,(H,26,27). The lowest BCUT2D eigenvalue weighted by Crippen LogP contribution is -2.28. The van der Waals surface area contributed by atoms with Crippen LogP contribution in [0.2, 0.25) is 0 Å². The van der Waals surface area contributed by atoms with Gasteiger partial charge in [0.15, 0.2) is 17.3 Å². The molecule has 0 spiro atoms. The molecule has 2 aromatic carbocycles. The van der Waals surface area contributed by atoms with E-state index in [0.717, 1.165) is 4.68 Å². The van der Waals surface area contributed by atoms with Gasteiger partial charge in [0.25, 0.3) is 5.56 Å². The van der Waals surface area contributed by atoms with E-state index in [1.54, 1.807) is 24.3 Å². The van der Waals surface area contributed by atoms with E-state index in [1.165, 1.54) is 24.5 Å². The molecule has 0 aliphatic carbocycles. The lowest BCUT2D eigenvalue weighted by molar-refractivity contribution is -0.286. The van der Waals surface area contributed by atoms with Crippen molar-refractivity contribution in [2.24, 2.45) is 0 Å². The fourth-order valence-corrected chi connectivity index (χ4v) is 3.57. The number of aromatic nitrogens is 4. The fourth-order valence-electron chi connectivity index (χ4n) is 3.57. The van der Waals surface area contributed by atoms with Crippen molar-refractivity contribution >= 4 is 16.8 Å². The van der Waals surface area contributed by atoms with Crippen LogP contribution in [0.4, 0.5) is 8.78 Å². The maximum atomic E-state index is 13.2. The van der Waals surface area contributed by atoms with Crippen molar-refractivity contribution < 1.29 is 23.0 Å². The molecule has 0 amide bonds. The predicted molar refractivity (Wildman–Crippen MR) is 110 cm³/mol. The van der Waals surface area contributed by atoms with Crippen LogP contribution in [0.5, 0.6) is 11.5 Å². The number of ether oxygens (including phenoxy) is 2. The molecule has 1 N–H and O–H groups in total. The van der Waals surface area contributed by atoms with Gasteiger partial charge in [0, 0.05) is 12.0 Å². The van der Waals surface area contributed by atoms with Gasteiger partial charge >= 0.3 is 6.29 Å². The van der Waals surface area contributed by atoms with Crippen LogP contribution in [-0.4, -0.2) is 31.8 Å². The van der Waals surface area contributed by atoms with Crippen LogP contribution in [0.3, 0.4) is 0 Å². The van der Waals surface area contributed by atoms with Gasteiger partial charge in [-0.2, -0.15) is 10.4 Å². The summed E-state index contributed by atoms with van der Waals surface area (Å²) in [5.41, 5.74) is 1.65. The second-order valence-electron chi connectivity index (χ2n) is 7.29. The maximum Gasteiger partial charge on any atom is 0.586 e. The molecule has 3 heterocycles. The van der Waals surface area contributed by atoms with Crippen LogP contribution in [0, 0.1) is 11.3 Å². The van der Waals surface area contributed by atoms with E-state index in [1.807, 2.05) is 6.07 Å². The molecule has 11 heteroatoms. The fraction of sp³-hybridized carbons (Fsp3) is 0.136. The average Bonchev–Trinajstić information content (AvgIpc) is 3.39. The highest BCUT2D eigenvalue weighted by atomic mass is 19.3. The number of nitrogens with one attached hydrogen (secondary N) is 1. The SMILES string of the molecule is N#Cc1cccc(-c2nn(CC(=O)Cc3ccc4c(c3)OC(F)(F)O4)c(=O)c3[nH]cnc23)c1. The van der Waals surface area contributed by atoms with E-state index < -0.39 is 11.9 Å². The van der Waals surface area contributed by atoms with Crippen LogP contribution in [0.15, 0.2) is 53.6 Å². The zero-order valence-electron chi connectivity index (χ0n) is 16.7. The number of fused-ring (bicyclic) bond motifs is 2. The quantitative estimate of drug-likeness (QED) is 0.497. The Balaban J connectivity index is 1.45. The molecule has 33 heavy (non-hydrogen) atoms. The molecule has 0 atom stereocenters. The lowest BCUT2D eigenvalue weighted by Gasteiger charge is -2.09. The van der Waals surface area contributed by atoms with Crippen molar-refractivity contribution in [2.45, 2.75) is 19.3 Å². The third kappa shape index (κ3) is 3.78. The number of aromatic amines is 1. The molecule has 2 aromatic heterocycles. The van der Waals surface area contributed by atoms with Crippen LogP contribution in [0.25, 0.3) is 22.3 Å². The summed E-state index contributed by atoms with van der Waals surface area (Å²) >= 11 is 0. The Morgan fingerprint density at radius 1 is 1.18 bits per heavy atom. The molecule has 0 bridgehead atoms. The zero-order valence-corrected chi connectivity index (χ0v) is 16.7. The number of carbonyl (C=O) groups excluding carboxylic acids is 1. The summed E-state index contributed by atoms with van der Waals surface area (Å²) in [5.74, 6) is -0.673. The zero-order chi connectivity index (χ0) is 23.2. The molecule has 9 nitrogen and oxygen atoms in total. The molecule has 1 aliphatic heterocycles. The summed E-state index contributed by atoms with van der Waals surface area (Å²) in [4.78, 5) is 32.4. The molecule has 5 rings (SSSR count). The minimum absolute atomic E-state index is 0.122. The van der Waals surface area contributed by atoms with Gasteiger partial charge in [-0.15, -0.1) is 8.78 Å². The first-order chi connectivity index (χ1) is 15.8. The van der Waals surface area contributed by atoms with Crippen molar-refractivity contribution in [1.29, 1.82) is 5.26 Å². The Kier molecular flexibility index (Phi) is 4.63. The Morgan fingerprint density at radius 2 is 2.00 bits per heavy atom. The number of carbonyl (C=O) groups is 1. The number of Topliss-reactive ketones (excluding diaryl/α,β-unsaturated/α-hetero) is 1. The van der Waals surface area contributed by atoms with Gasteiger partial charge in [-0.3, -0.25) is 9.59 Å². The Bertz CT molecular complexity index is 1520. The van der Waals surface area contributed by atoms with Crippen LogP contribution < -0.4 is 15.0 Å². The molecule has 0 saturated carbocycles. The highest BCUT2D eigenvalue weighted by Crippen LogP contribution is 2.41. The highest BCUT2D eigenvalue weighted by molar-refractivity contribution is 5.89. The van der Waals surface area contributed by atoms with Gasteiger partial charge in [0.1, 0.15) is 23.3 Å². The van der Waals surface area contributed by atoms with Gasteiger partial charge in [-0.05, 0) is 29.8 Å². The first-order valence-corrected chi connectivity index (χ1v) is 9.68. The Morgan fingerprint density at radius 3 is 2.82 bits per heavy atom. The first kappa shape index (κ1) is 20.3. The molecule has 164 valence electrons. The van der Waals surface area contributed by atoms with Crippen molar-refractivity contribution in [3.63, 3.8) is 0 Å². The number of nitrogens with zero attached hydrogens (tertiary/aromatic N) is 4. The lowest BCUT2D eigenvalue weighted by atomic mass is 10.1. The third-order valence-electron chi connectivity index (χ3n) is 4.99. The second-order valence-corrected chi connectivity index (χ2v) is 7.29. The van der Waals surface area contributed by atoms with Crippen molar-refractivity contribution in [2.75, 3.05) is 0 Å². The number of rotatable bonds is 5. The number of hydrogen-bond donors (Lipinski definition) is 1. The number of benzene rings is 2. The number of ketones is 1. The summed E-state index contributed by atoms with van der Waals surface area (Å²) < 4.78 is 36.2. The van der Waals surface area contributed by atoms with E-state index in [2.05, 4.69) is 24.5 Å². The van der Waals surface area contributed by atoms with E-state index in [-0.39, 0.29) is 35.8 Å². The largest absolute Gasteiger partial charge is 0.586 e. The van der Waals surface area contributed by atoms with Crippen molar-refractivity contribution in [3.8, 4) is 28.8 Å². The van der Waals surface area contributed by atoms with Crippen LogP contribution >= 0.6 is 0 Å². The highest BCUT2D eigenvalue weighted by Gasteiger charge is 2.43. The topological polar surface area (TPSA) is 123 Å². The molecular formula is C22H13F2N5O4. The average molecular weight is 449 g/mol. The van der Waals surface area contributed by atoms with Gasteiger partial charge in [-0.1, -0.05) is 18.2 Å². The third-order valence-corrected chi connectivity index (χ3v) is 4.99. The minimum atomic E-state index is -3.75. The molecule has 0 fully saturated rings. The predicted octanol–water partition coefficient (Wildman–Crippen LogP) is 2.79. The number of imidazole rings is 1. The summed E-state index contributed by atoms with van der Waals surface area (Å²) in [6.45, 7) is -0.358. The number of hydrogen-bond acceptors (Lipinski definition) is 7. The normalized spacial score (nSPS) is 13.7. The second kappa shape index (κ2) is 7.52. The molecule has 0 unspecified atom stereocenters. The van der Waals surface area contributed by atoms with Crippen LogP contribution in [-0.2, 0) is 17.8 Å². The number of halogens is 2. The van der Waals surface area contributed by atoms with E-state index in [0.29, 0.717) is 27.9 Å². The van der Waals surface area contributed by atoms with Gasteiger partial charge < -0.3 is 14.5 Å². The molecular weight excluding hydrogens is 436 g/mol. The summed E-state index contributed by atoms with van der Waals surface area (Å²) in [5, 5.41) is 13.5. The van der Waals surface area contributed by atoms with Gasteiger partial charge in [0.05, 0.1) is 18.0 Å². The molecule has 0 saturated heterocycles. The van der Waals surface area contributed by atoms with Crippen LogP contribution in [0.1, 0.15) is 11.1 Å². The Labute approximate surface area is 183 Å². The van der Waals surface area contributed by atoms with E-state index in [4.69, 9.17) is 0 Å². The van der Waals surface area contributed by atoms with E-state index >= 15 is 0 Å². The maximum absolute atomic E-state index is 13.2. The van der Waals surface area contributed by atoms with Crippen molar-refractivity contribution in [3.05, 3.63) is 70.3 Å². The summed E-state index contributed by atoms with van der Waals surface area (Å²) in [7, 11) is 0. The van der Waals surface area contributed by atoms with E-state index in [9.17, 15) is 23.6 Å². The van der Waals surface area contributed by atoms with Gasteiger partial charge in [0.2, 0.25) is 0 Å². The Hall–Kier alpha value is -4.59. The van der Waals surface area contributed by atoms with Crippen molar-refractivity contribution in [1.82, 2.24) is 19.7 Å². The van der Waals surface area contributed by atoms with Gasteiger partial charge in [-0.25, -0.2) is 9.67 Å². The molecule has 1 aliphatic rings. The first-order valence-electron chi connectivity index (χ1n) is 9.68. The summed E-state index contributed by atoms with van der Waals surface area (Å²) in [6, 6.07) is 12.7. The monoisotopic (exact) mass is 449 g/mol. The number of H-pyrrole nitrogens is 1.